The molecule has 0 aromatic heterocycles. The third kappa shape index (κ3) is 14.9. The molecular weight excluding hydrogens is 667 g/mol. The van der Waals surface area contributed by atoms with E-state index in [1.165, 1.54) is 12.1 Å². The van der Waals surface area contributed by atoms with Crippen LogP contribution in [0.2, 0.25) is 0 Å². The Kier molecular flexibility index (Phi) is 17.4. The second-order valence-corrected chi connectivity index (χ2v) is 13.4. The van der Waals surface area contributed by atoms with Gasteiger partial charge in [0.1, 0.15) is 17.8 Å². The average molecular weight is 722 g/mol. The van der Waals surface area contributed by atoms with Crippen LogP contribution in [-0.2, 0) is 32.0 Å². The lowest BCUT2D eigenvalue weighted by atomic mass is 9.93. The number of carbonyl (C=O) groups is 4. The first-order valence-electron chi connectivity index (χ1n) is 17.4. The fourth-order valence-corrected chi connectivity index (χ4v) is 5.40. The fourth-order valence-electron chi connectivity index (χ4n) is 5.40. The summed E-state index contributed by atoms with van der Waals surface area (Å²) in [5, 5.41) is 21.0. The minimum absolute atomic E-state index is 0.0314. The topological polar surface area (TPSA) is 172 Å². The van der Waals surface area contributed by atoms with Crippen molar-refractivity contribution in [2.75, 3.05) is 6.61 Å². The standard InChI is InChI=1S/C37H54F3N5O6/c1-7-23(5)33(44-31(47)19-26-15-12-16-27(17-26)51-37(38,39)40)35(49)42-29(18-25-13-10-9-11-14-25)28(41)20-32(48)45-34(24(6)8-2)36(50)43-30(21-46)22(3)4/h9-17,22-24,28-30,33-34,46H,7-8,18-21,41H2,1-6H3,(H,42,49)(H,43,50)(H,44,47)(H,45,48)/t23?,24-,28-,29?,30+,33-,34?/m0/s1. The van der Waals surface area contributed by atoms with Gasteiger partial charge in [0.25, 0.3) is 0 Å². The van der Waals surface area contributed by atoms with Crippen LogP contribution < -0.4 is 31.7 Å². The summed E-state index contributed by atoms with van der Waals surface area (Å²) in [7, 11) is 0. The number of benzene rings is 2. The molecule has 7 atom stereocenters. The largest absolute Gasteiger partial charge is 0.573 e. The van der Waals surface area contributed by atoms with E-state index >= 15 is 0 Å². The molecule has 51 heavy (non-hydrogen) atoms. The summed E-state index contributed by atoms with van der Waals surface area (Å²) in [5.41, 5.74) is 7.69. The number of carbonyl (C=O) groups excluding carboxylic acids is 4. The highest BCUT2D eigenvalue weighted by Crippen LogP contribution is 2.23. The predicted molar refractivity (Wildman–Crippen MR) is 188 cm³/mol. The summed E-state index contributed by atoms with van der Waals surface area (Å²) in [5.74, 6) is -3.10. The summed E-state index contributed by atoms with van der Waals surface area (Å²) in [6.45, 7) is 10.8. The van der Waals surface area contributed by atoms with Gasteiger partial charge in [-0.3, -0.25) is 19.2 Å². The Balaban J connectivity index is 2.24. The van der Waals surface area contributed by atoms with Gasteiger partial charge in [-0.05, 0) is 47.4 Å². The number of hydrogen-bond donors (Lipinski definition) is 6. The highest BCUT2D eigenvalue weighted by Gasteiger charge is 2.33. The van der Waals surface area contributed by atoms with Crippen molar-refractivity contribution in [3.05, 3.63) is 65.7 Å². The Hall–Kier alpha value is -4.17. The number of alkyl halides is 3. The molecule has 2 aromatic rings. The molecule has 0 aliphatic heterocycles. The zero-order chi connectivity index (χ0) is 38.3. The second kappa shape index (κ2) is 20.6. The highest BCUT2D eigenvalue weighted by molar-refractivity contribution is 5.90. The number of nitrogens with two attached hydrogens (primary N) is 1. The van der Waals surface area contributed by atoms with Crippen LogP contribution in [0.15, 0.2) is 54.6 Å². The molecule has 0 bridgehead atoms. The normalized spacial score (nSPS) is 15.8. The second-order valence-electron chi connectivity index (χ2n) is 13.4. The van der Waals surface area contributed by atoms with Crippen molar-refractivity contribution in [1.82, 2.24) is 21.3 Å². The fraction of sp³-hybridized carbons (Fsp3) is 0.568. The quantitative estimate of drug-likeness (QED) is 0.121. The summed E-state index contributed by atoms with van der Waals surface area (Å²) >= 11 is 0. The lowest BCUT2D eigenvalue weighted by molar-refractivity contribution is -0.274. The molecule has 0 heterocycles. The lowest BCUT2D eigenvalue weighted by Crippen LogP contribution is -2.58. The molecule has 7 N–H and O–H groups in total. The van der Waals surface area contributed by atoms with Crippen molar-refractivity contribution in [3.63, 3.8) is 0 Å². The molecule has 0 spiro atoms. The third-order valence-corrected chi connectivity index (χ3v) is 9.01. The zero-order valence-electron chi connectivity index (χ0n) is 30.3. The van der Waals surface area contributed by atoms with Crippen LogP contribution in [-0.4, -0.2) is 71.9 Å². The van der Waals surface area contributed by atoms with Crippen molar-refractivity contribution in [2.45, 2.75) is 110 Å². The van der Waals surface area contributed by atoms with Gasteiger partial charge in [-0.1, -0.05) is 96.8 Å². The summed E-state index contributed by atoms with van der Waals surface area (Å²) in [6, 6.07) is 10.2. The molecule has 0 aliphatic carbocycles. The number of hydrogen-bond acceptors (Lipinski definition) is 7. The van der Waals surface area contributed by atoms with Crippen LogP contribution in [0.3, 0.4) is 0 Å². The van der Waals surface area contributed by atoms with Crippen molar-refractivity contribution in [3.8, 4) is 5.75 Å². The molecule has 284 valence electrons. The Labute approximate surface area is 298 Å². The van der Waals surface area contributed by atoms with E-state index in [2.05, 4.69) is 26.0 Å². The molecule has 0 fully saturated rings. The van der Waals surface area contributed by atoms with Crippen LogP contribution in [0.4, 0.5) is 13.2 Å². The van der Waals surface area contributed by atoms with Crippen molar-refractivity contribution in [2.24, 2.45) is 23.5 Å². The molecule has 2 rings (SSSR count). The maximum atomic E-state index is 13.8. The Morgan fingerprint density at radius 3 is 1.80 bits per heavy atom. The first-order chi connectivity index (χ1) is 24.0. The number of rotatable bonds is 20. The molecule has 3 unspecified atom stereocenters. The van der Waals surface area contributed by atoms with Gasteiger partial charge in [0.15, 0.2) is 0 Å². The number of aliphatic hydroxyl groups is 1. The van der Waals surface area contributed by atoms with E-state index in [0.29, 0.717) is 12.8 Å². The van der Waals surface area contributed by atoms with E-state index in [-0.39, 0.29) is 49.2 Å². The Morgan fingerprint density at radius 1 is 0.765 bits per heavy atom. The summed E-state index contributed by atoms with van der Waals surface area (Å²) < 4.78 is 42.1. The smallest absolute Gasteiger partial charge is 0.406 e. The highest BCUT2D eigenvalue weighted by atomic mass is 19.4. The average Bonchev–Trinajstić information content (AvgIpc) is 3.06. The van der Waals surface area contributed by atoms with E-state index in [4.69, 9.17) is 5.73 Å². The first-order valence-corrected chi connectivity index (χ1v) is 17.4. The molecule has 11 nitrogen and oxygen atoms in total. The molecule has 0 saturated carbocycles. The number of aliphatic hydroxyl groups excluding tert-OH is 1. The number of amides is 4. The lowest BCUT2D eigenvalue weighted by Gasteiger charge is -2.31. The third-order valence-electron chi connectivity index (χ3n) is 9.01. The van der Waals surface area contributed by atoms with Crippen molar-refractivity contribution >= 4 is 23.6 Å². The Morgan fingerprint density at radius 2 is 1.29 bits per heavy atom. The maximum Gasteiger partial charge on any atom is 0.573 e. The number of halogens is 3. The maximum absolute atomic E-state index is 13.8. The van der Waals surface area contributed by atoms with E-state index in [1.54, 1.807) is 6.92 Å². The van der Waals surface area contributed by atoms with Crippen LogP contribution in [0.1, 0.15) is 71.9 Å². The zero-order valence-corrected chi connectivity index (χ0v) is 30.3. The van der Waals surface area contributed by atoms with Crippen molar-refractivity contribution < 1.29 is 42.2 Å². The molecule has 0 saturated heterocycles. The van der Waals surface area contributed by atoms with Gasteiger partial charge in [0.2, 0.25) is 23.6 Å². The van der Waals surface area contributed by atoms with E-state index in [9.17, 15) is 37.5 Å². The van der Waals surface area contributed by atoms with Gasteiger partial charge >= 0.3 is 6.36 Å². The number of nitrogens with one attached hydrogen (secondary N) is 4. The monoisotopic (exact) mass is 721 g/mol. The Bertz CT molecular complexity index is 1410. The molecule has 4 amide bonds. The minimum atomic E-state index is -4.89. The van der Waals surface area contributed by atoms with Crippen LogP contribution in [0.25, 0.3) is 0 Å². The molecule has 0 radical (unpaired) electrons. The summed E-state index contributed by atoms with van der Waals surface area (Å²) in [4.78, 5) is 53.5. The molecular formula is C37H54F3N5O6. The first kappa shape index (κ1) is 43.0. The SMILES string of the molecule is CCC(C)[C@H](NC(=O)Cc1cccc(OC(F)(F)F)c1)C(=O)NC(Cc1ccccc1)[C@@H](N)CC(=O)NC(C(=O)N[C@H](CO)C(C)C)[C@@H](C)CC. The number of ether oxygens (including phenoxy) is 1. The minimum Gasteiger partial charge on any atom is -0.406 e. The van der Waals surface area contributed by atoms with E-state index < -0.39 is 65.9 Å². The van der Waals surface area contributed by atoms with Gasteiger partial charge in [0, 0.05) is 18.5 Å². The van der Waals surface area contributed by atoms with E-state index in [1.807, 2.05) is 65.0 Å². The van der Waals surface area contributed by atoms with Crippen LogP contribution in [0, 0.1) is 17.8 Å². The van der Waals surface area contributed by atoms with Gasteiger partial charge in [-0.25, -0.2) is 0 Å². The van der Waals surface area contributed by atoms with Crippen LogP contribution >= 0.6 is 0 Å². The predicted octanol–water partition coefficient (Wildman–Crippen LogP) is 3.77. The molecule has 2 aromatic carbocycles. The van der Waals surface area contributed by atoms with E-state index in [0.717, 1.165) is 17.7 Å². The summed E-state index contributed by atoms with van der Waals surface area (Å²) in [6.07, 6.45) is -4.06. The van der Waals surface area contributed by atoms with Gasteiger partial charge in [-0.2, -0.15) is 0 Å². The molecule has 14 heteroatoms. The van der Waals surface area contributed by atoms with Gasteiger partial charge < -0.3 is 36.8 Å². The molecule has 0 aliphatic rings. The van der Waals surface area contributed by atoms with Gasteiger partial charge in [-0.15, -0.1) is 13.2 Å². The van der Waals surface area contributed by atoms with Gasteiger partial charge in [0.05, 0.1) is 19.1 Å². The van der Waals surface area contributed by atoms with Crippen LogP contribution in [0.5, 0.6) is 5.75 Å². The van der Waals surface area contributed by atoms with Crippen molar-refractivity contribution in [1.29, 1.82) is 0 Å².